The van der Waals surface area contributed by atoms with Crippen molar-refractivity contribution in [2.45, 2.75) is 10.8 Å². The van der Waals surface area contributed by atoms with Crippen molar-refractivity contribution in [3.8, 4) is 0 Å². The predicted octanol–water partition coefficient (Wildman–Crippen LogP) is 3.45. The number of thiophene rings is 1. The average Bonchev–Trinajstić information content (AvgIpc) is 3.09. The monoisotopic (exact) mass is 353 g/mol. The summed E-state index contributed by atoms with van der Waals surface area (Å²) in [6.45, 7) is 0.577. The zero-order valence-electron chi connectivity index (χ0n) is 11.3. The fraction of sp³-hybridized carbons (Fsp3) is 0.0714. The maximum Gasteiger partial charge on any atom is 0.272 e. The standard InChI is InChI=1S/C14H12ClN3O2S2/c15-12-6-7-14(21-12)22(19,20)17-13-8-9-18(16-13)10-11-4-2-1-3-5-11/h1-9H,10H2,(H,16,17). The van der Waals surface area contributed by atoms with Crippen molar-refractivity contribution in [1.82, 2.24) is 9.78 Å². The third-order valence-corrected chi connectivity index (χ3v) is 5.96. The van der Waals surface area contributed by atoms with Crippen LogP contribution in [0.4, 0.5) is 5.82 Å². The van der Waals surface area contributed by atoms with Gasteiger partial charge in [-0.15, -0.1) is 11.3 Å². The quantitative estimate of drug-likeness (QED) is 0.764. The van der Waals surface area contributed by atoms with Gasteiger partial charge < -0.3 is 0 Å². The Hall–Kier alpha value is -1.83. The summed E-state index contributed by atoms with van der Waals surface area (Å²) in [5.74, 6) is 0.278. The van der Waals surface area contributed by atoms with E-state index in [1.165, 1.54) is 6.07 Å². The van der Waals surface area contributed by atoms with Gasteiger partial charge >= 0.3 is 0 Å². The smallest absolute Gasteiger partial charge is 0.266 e. The molecule has 0 bridgehead atoms. The molecule has 0 saturated carbocycles. The summed E-state index contributed by atoms with van der Waals surface area (Å²) in [5.41, 5.74) is 1.09. The van der Waals surface area contributed by atoms with Gasteiger partial charge in [-0.3, -0.25) is 9.40 Å². The molecule has 114 valence electrons. The molecule has 0 aliphatic heterocycles. The van der Waals surface area contributed by atoms with Crippen molar-refractivity contribution in [1.29, 1.82) is 0 Å². The van der Waals surface area contributed by atoms with Gasteiger partial charge in [0.2, 0.25) is 0 Å². The molecule has 0 spiro atoms. The van der Waals surface area contributed by atoms with Crippen LogP contribution in [-0.2, 0) is 16.6 Å². The minimum absolute atomic E-state index is 0.162. The number of sulfonamides is 1. The molecular weight excluding hydrogens is 342 g/mol. The second kappa shape index (κ2) is 6.12. The molecule has 0 radical (unpaired) electrons. The van der Waals surface area contributed by atoms with Crippen LogP contribution < -0.4 is 4.72 Å². The van der Waals surface area contributed by atoms with Gasteiger partial charge in [-0.1, -0.05) is 41.9 Å². The second-order valence-corrected chi connectivity index (χ2v) is 8.17. The number of anilines is 1. The lowest BCUT2D eigenvalue weighted by molar-refractivity contribution is 0.602. The molecule has 22 heavy (non-hydrogen) atoms. The molecule has 0 atom stereocenters. The first kappa shape index (κ1) is 15.1. The molecule has 0 unspecified atom stereocenters. The van der Waals surface area contributed by atoms with Crippen molar-refractivity contribution in [2.24, 2.45) is 0 Å². The summed E-state index contributed by atoms with van der Waals surface area (Å²) in [4.78, 5) is 0. The second-order valence-electron chi connectivity index (χ2n) is 4.55. The minimum Gasteiger partial charge on any atom is -0.266 e. The molecule has 5 nitrogen and oxygen atoms in total. The van der Waals surface area contributed by atoms with Crippen molar-refractivity contribution in [3.05, 3.63) is 64.6 Å². The van der Waals surface area contributed by atoms with E-state index in [2.05, 4.69) is 9.82 Å². The van der Waals surface area contributed by atoms with E-state index in [1.807, 2.05) is 30.3 Å². The lowest BCUT2D eigenvalue weighted by Crippen LogP contribution is -2.12. The average molecular weight is 354 g/mol. The van der Waals surface area contributed by atoms with Gasteiger partial charge in [-0.05, 0) is 17.7 Å². The maximum absolute atomic E-state index is 12.2. The highest BCUT2D eigenvalue weighted by Crippen LogP contribution is 2.26. The van der Waals surface area contributed by atoms with E-state index in [0.29, 0.717) is 10.9 Å². The van der Waals surface area contributed by atoms with E-state index in [4.69, 9.17) is 11.6 Å². The zero-order valence-corrected chi connectivity index (χ0v) is 13.7. The summed E-state index contributed by atoms with van der Waals surface area (Å²) in [5, 5.41) is 4.22. The fourth-order valence-corrected chi connectivity index (χ4v) is 4.38. The summed E-state index contributed by atoms with van der Waals surface area (Å²) in [6.07, 6.45) is 1.73. The largest absolute Gasteiger partial charge is 0.272 e. The Morgan fingerprint density at radius 3 is 2.59 bits per heavy atom. The first-order valence-corrected chi connectivity index (χ1v) is 9.06. The first-order chi connectivity index (χ1) is 10.5. The molecule has 0 fully saturated rings. The van der Waals surface area contributed by atoms with Crippen LogP contribution in [0.15, 0.2) is 58.9 Å². The van der Waals surface area contributed by atoms with Crippen molar-refractivity contribution in [3.63, 3.8) is 0 Å². The van der Waals surface area contributed by atoms with Crippen LogP contribution in [0.2, 0.25) is 4.34 Å². The third kappa shape index (κ3) is 3.49. The topological polar surface area (TPSA) is 64.0 Å². The highest BCUT2D eigenvalue weighted by molar-refractivity contribution is 7.94. The SMILES string of the molecule is O=S(=O)(Nc1ccn(Cc2ccccc2)n1)c1ccc(Cl)s1. The minimum atomic E-state index is -3.64. The van der Waals surface area contributed by atoms with E-state index in [-0.39, 0.29) is 10.0 Å². The molecule has 0 saturated heterocycles. The molecule has 1 aromatic carbocycles. The van der Waals surface area contributed by atoms with Crippen LogP contribution in [0.3, 0.4) is 0 Å². The van der Waals surface area contributed by atoms with Crippen LogP contribution in [-0.4, -0.2) is 18.2 Å². The summed E-state index contributed by atoms with van der Waals surface area (Å²) in [6, 6.07) is 14.4. The van der Waals surface area contributed by atoms with Gasteiger partial charge in [0.1, 0.15) is 4.21 Å². The predicted molar refractivity (Wildman–Crippen MR) is 87.9 cm³/mol. The number of hydrogen-bond acceptors (Lipinski definition) is 4. The van der Waals surface area contributed by atoms with Crippen LogP contribution in [0.5, 0.6) is 0 Å². The van der Waals surface area contributed by atoms with Gasteiger partial charge in [0.05, 0.1) is 10.9 Å². The van der Waals surface area contributed by atoms with Crippen LogP contribution in [0, 0.1) is 0 Å². The van der Waals surface area contributed by atoms with E-state index in [9.17, 15) is 8.42 Å². The lowest BCUT2D eigenvalue weighted by atomic mass is 10.2. The van der Waals surface area contributed by atoms with E-state index in [1.54, 1.807) is 23.0 Å². The number of hydrogen-bond donors (Lipinski definition) is 1. The van der Waals surface area contributed by atoms with Crippen molar-refractivity contribution < 1.29 is 8.42 Å². The molecule has 3 aromatic rings. The van der Waals surface area contributed by atoms with Crippen molar-refractivity contribution >= 4 is 38.8 Å². The summed E-state index contributed by atoms with van der Waals surface area (Å²) < 4.78 is 29.1. The fourth-order valence-electron chi connectivity index (χ4n) is 1.90. The Labute approximate surface area is 137 Å². The first-order valence-electron chi connectivity index (χ1n) is 6.38. The number of nitrogens with zero attached hydrogens (tertiary/aromatic N) is 2. The molecule has 0 amide bonds. The Balaban J connectivity index is 1.74. The van der Waals surface area contributed by atoms with Crippen LogP contribution in [0.1, 0.15) is 5.56 Å². The van der Waals surface area contributed by atoms with E-state index < -0.39 is 10.0 Å². The Bertz CT molecular complexity index is 872. The number of halogens is 1. The highest BCUT2D eigenvalue weighted by atomic mass is 35.5. The maximum atomic E-state index is 12.2. The van der Waals surface area contributed by atoms with Gasteiger partial charge in [0, 0.05) is 12.3 Å². The molecule has 0 aliphatic carbocycles. The number of benzene rings is 1. The van der Waals surface area contributed by atoms with Crippen molar-refractivity contribution in [2.75, 3.05) is 4.72 Å². The molecule has 2 aromatic heterocycles. The number of aromatic nitrogens is 2. The van der Waals surface area contributed by atoms with Gasteiger partial charge in [0.15, 0.2) is 5.82 Å². The van der Waals surface area contributed by atoms with E-state index >= 15 is 0 Å². The Morgan fingerprint density at radius 1 is 1.14 bits per heavy atom. The normalized spacial score (nSPS) is 11.5. The highest BCUT2D eigenvalue weighted by Gasteiger charge is 2.17. The summed E-state index contributed by atoms with van der Waals surface area (Å²) in [7, 11) is -3.64. The zero-order chi connectivity index (χ0) is 15.6. The number of nitrogens with one attached hydrogen (secondary N) is 1. The third-order valence-electron chi connectivity index (χ3n) is 2.88. The Kier molecular flexibility index (Phi) is 4.19. The Morgan fingerprint density at radius 2 is 1.91 bits per heavy atom. The lowest BCUT2D eigenvalue weighted by Gasteiger charge is -2.03. The molecule has 8 heteroatoms. The molecule has 3 rings (SSSR count). The van der Waals surface area contributed by atoms with Gasteiger partial charge in [-0.2, -0.15) is 5.10 Å². The molecule has 1 N–H and O–H groups in total. The summed E-state index contributed by atoms with van der Waals surface area (Å²) >= 11 is 6.77. The van der Waals surface area contributed by atoms with E-state index in [0.717, 1.165) is 16.9 Å². The number of rotatable bonds is 5. The molecular formula is C14H12ClN3O2S2. The van der Waals surface area contributed by atoms with Crippen LogP contribution in [0.25, 0.3) is 0 Å². The molecule has 2 heterocycles. The van der Waals surface area contributed by atoms with Gasteiger partial charge in [0.25, 0.3) is 10.0 Å². The van der Waals surface area contributed by atoms with Gasteiger partial charge in [-0.25, -0.2) is 8.42 Å². The molecule has 0 aliphatic rings. The van der Waals surface area contributed by atoms with Crippen LogP contribution >= 0.6 is 22.9 Å².